The quantitative estimate of drug-likeness (QED) is 0.825. The molecule has 0 aliphatic heterocycles. The van der Waals surface area contributed by atoms with Crippen LogP contribution in [0.1, 0.15) is 43.2 Å². The summed E-state index contributed by atoms with van der Waals surface area (Å²) in [7, 11) is 0. The highest BCUT2D eigenvalue weighted by atomic mass is 19.4. The first kappa shape index (κ1) is 14.8. The molecule has 2 aliphatic carbocycles. The van der Waals surface area contributed by atoms with Crippen LogP contribution in [0.15, 0.2) is 18.2 Å². The summed E-state index contributed by atoms with van der Waals surface area (Å²) in [4.78, 5) is 0. The summed E-state index contributed by atoms with van der Waals surface area (Å²) in [6.07, 6.45) is -0.915. The van der Waals surface area contributed by atoms with Gasteiger partial charge in [-0.15, -0.1) is 0 Å². The Morgan fingerprint density at radius 2 is 1.81 bits per heavy atom. The second kappa shape index (κ2) is 4.43. The number of halogens is 4. The summed E-state index contributed by atoms with van der Waals surface area (Å²) >= 11 is 0. The van der Waals surface area contributed by atoms with Crippen molar-refractivity contribution in [2.45, 2.75) is 55.3 Å². The van der Waals surface area contributed by atoms with Gasteiger partial charge in [0, 0.05) is 17.0 Å². The number of rotatable bonds is 2. The zero-order valence-electron chi connectivity index (χ0n) is 11.5. The Hall–Kier alpha value is -1.14. The molecule has 0 amide bonds. The molecule has 2 saturated carbocycles. The van der Waals surface area contributed by atoms with Gasteiger partial charge in [0.15, 0.2) is 0 Å². The molecule has 116 valence electrons. The van der Waals surface area contributed by atoms with Gasteiger partial charge < -0.3 is 11.5 Å². The molecule has 4 N–H and O–H groups in total. The molecular formula is C15H18F4N2. The molecule has 0 heterocycles. The lowest BCUT2D eigenvalue weighted by Crippen LogP contribution is -2.59. The first-order valence-corrected chi connectivity index (χ1v) is 7.12. The van der Waals surface area contributed by atoms with Gasteiger partial charge in [-0.2, -0.15) is 13.2 Å². The maximum absolute atomic E-state index is 13.4. The lowest BCUT2D eigenvalue weighted by atomic mass is 9.73. The third-order valence-corrected chi connectivity index (χ3v) is 5.23. The van der Waals surface area contributed by atoms with Gasteiger partial charge in [-0.3, -0.25) is 0 Å². The molecule has 0 saturated heterocycles. The molecule has 6 heteroatoms. The van der Waals surface area contributed by atoms with Crippen LogP contribution in [0.5, 0.6) is 0 Å². The third-order valence-electron chi connectivity index (χ3n) is 5.23. The molecule has 21 heavy (non-hydrogen) atoms. The molecular weight excluding hydrogens is 284 g/mol. The topological polar surface area (TPSA) is 52.0 Å². The van der Waals surface area contributed by atoms with Crippen LogP contribution in [0.25, 0.3) is 0 Å². The summed E-state index contributed by atoms with van der Waals surface area (Å²) in [5, 5.41) is 0. The van der Waals surface area contributed by atoms with Gasteiger partial charge in [-0.1, -0.05) is 6.07 Å². The molecule has 1 aromatic rings. The second-order valence-electron chi connectivity index (χ2n) is 6.31. The largest absolute Gasteiger partial charge is 0.419 e. The van der Waals surface area contributed by atoms with E-state index in [1.54, 1.807) is 0 Å². The number of alkyl halides is 3. The molecule has 2 fully saturated rings. The van der Waals surface area contributed by atoms with Crippen LogP contribution in [0, 0.1) is 5.82 Å². The number of hydrogen-bond donors (Lipinski definition) is 2. The molecule has 2 nitrogen and oxygen atoms in total. The summed E-state index contributed by atoms with van der Waals surface area (Å²) in [5.41, 5.74) is 10.6. The van der Waals surface area contributed by atoms with Crippen LogP contribution >= 0.6 is 0 Å². The van der Waals surface area contributed by atoms with E-state index in [1.807, 2.05) is 0 Å². The van der Waals surface area contributed by atoms with Crippen molar-refractivity contribution in [2.75, 3.05) is 0 Å². The fourth-order valence-electron chi connectivity index (χ4n) is 3.84. The molecule has 0 aromatic heterocycles. The van der Waals surface area contributed by atoms with Crippen molar-refractivity contribution in [3.8, 4) is 0 Å². The van der Waals surface area contributed by atoms with E-state index in [1.165, 1.54) is 6.07 Å². The molecule has 0 spiro atoms. The van der Waals surface area contributed by atoms with Crippen molar-refractivity contribution in [3.05, 3.63) is 35.1 Å². The number of benzene rings is 1. The van der Waals surface area contributed by atoms with E-state index in [-0.39, 0.29) is 6.04 Å². The van der Waals surface area contributed by atoms with E-state index < -0.39 is 28.5 Å². The molecule has 1 aromatic carbocycles. The van der Waals surface area contributed by atoms with Crippen LogP contribution in [0.4, 0.5) is 17.6 Å². The third kappa shape index (κ3) is 2.07. The molecule has 3 rings (SSSR count). The zero-order valence-corrected chi connectivity index (χ0v) is 11.5. The fraction of sp³-hybridized carbons (Fsp3) is 0.600. The maximum atomic E-state index is 13.4. The van der Waals surface area contributed by atoms with Crippen LogP contribution in [-0.2, 0) is 11.6 Å². The van der Waals surface area contributed by atoms with Crippen LogP contribution in [-0.4, -0.2) is 11.6 Å². The lowest BCUT2D eigenvalue weighted by Gasteiger charge is -2.39. The van der Waals surface area contributed by atoms with Crippen LogP contribution in [0.3, 0.4) is 0 Å². The minimum absolute atomic E-state index is 0.223. The van der Waals surface area contributed by atoms with Crippen molar-refractivity contribution in [2.24, 2.45) is 11.5 Å². The lowest BCUT2D eigenvalue weighted by molar-refractivity contribution is -0.140. The molecule has 2 unspecified atom stereocenters. The van der Waals surface area contributed by atoms with Gasteiger partial charge in [0.25, 0.3) is 0 Å². The second-order valence-corrected chi connectivity index (χ2v) is 6.31. The first-order chi connectivity index (χ1) is 9.71. The van der Waals surface area contributed by atoms with E-state index in [2.05, 4.69) is 0 Å². The standard InChI is InChI=1S/C15H18F4N2/c16-11-4-3-9(8-10(11)15(17,18)19)13(6-7-13)14(21)5-1-2-12(14)20/h3-4,8,12H,1-2,5-7,20-21H2. The van der Waals surface area contributed by atoms with Crippen molar-refractivity contribution >= 4 is 0 Å². The van der Waals surface area contributed by atoms with Crippen molar-refractivity contribution in [1.82, 2.24) is 0 Å². The predicted octanol–water partition coefficient (Wildman–Crippen LogP) is 3.08. The van der Waals surface area contributed by atoms with Gasteiger partial charge >= 0.3 is 6.18 Å². The summed E-state index contributed by atoms with van der Waals surface area (Å²) < 4.78 is 52.1. The average molecular weight is 302 g/mol. The SMILES string of the molecule is NC1CCCC1(N)C1(c2ccc(F)c(C(F)(F)F)c2)CC1. The zero-order chi connectivity index (χ0) is 15.5. The van der Waals surface area contributed by atoms with Crippen molar-refractivity contribution in [3.63, 3.8) is 0 Å². The monoisotopic (exact) mass is 302 g/mol. The van der Waals surface area contributed by atoms with Crippen molar-refractivity contribution in [1.29, 1.82) is 0 Å². The van der Waals surface area contributed by atoms with Gasteiger partial charge in [0.2, 0.25) is 0 Å². The van der Waals surface area contributed by atoms with Gasteiger partial charge in [0.1, 0.15) is 5.82 Å². The highest BCUT2D eigenvalue weighted by molar-refractivity contribution is 5.42. The summed E-state index contributed by atoms with van der Waals surface area (Å²) in [6, 6.07) is 3.01. The minimum Gasteiger partial charge on any atom is -0.326 e. The van der Waals surface area contributed by atoms with Gasteiger partial charge in [-0.25, -0.2) is 4.39 Å². The van der Waals surface area contributed by atoms with E-state index >= 15 is 0 Å². The molecule has 0 bridgehead atoms. The Bertz CT molecular complexity index is 565. The fourth-order valence-corrected chi connectivity index (χ4v) is 3.84. The van der Waals surface area contributed by atoms with Crippen molar-refractivity contribution < 1.29 is 17.6 Å². The highest BCUT2D eigenvalue weighted by Gasteiger charge is 2.62. The average Bonchev–Trinajstić information content (AvgIpc) is 3.13. The van der Waals surface area contributed by atoms with E-state index in [9.17, 15) is 17.6 Å². The number of hydrogen-bond acceptors (Lipinski definition) is 2. The summed E-state index contributed by atoms with van der Waals surface area (Å²) in [5.74, 6) is -1.25. The predicted molar refractivity (Wildman–Crippen MR) is 71.1 cm³/mol. The van der Waals surface area contributed by atoms with Gasteiger partial charge in [0.05, 0.1) is 5.56 Å². The van der Waals surface area contributed by atoms with Gasteiger partial charge in [-0.05, 0) is 49.8 Å². The Morgan fingerprint density at radius 1 is 1.14 bits per heavy atom. The number of nitrogens with two attached hydrogens (primary N) is 2. The smallest absolute Gasteiger partial charge is 0.326 e. The van der Waals surface area contributed by atoms with Crippen LogP contribution < -0.4 is 11.5 Å². The Labute approximate surface area is 120 Å². The summed E-state index contributed by atoms with van der Waals surface area (Å²) in [6.45, 7) is 0. The van der Waals surface area contributed by atoms with E-state index in [0.29, 0.717) is 24.8 Å². The molecule has 0 radical (unpaired) electrons. The molecule has 2 aliphatic rings. The maximum Gasteiger partial charge on any atom is 0.419 e. The highest BCUT2D eigenvalue weighted by Crippen LogP contribution is 2.59. The Kier molecular flexibility index (Phi) is 3.12. The van der Waals surface area contributed by atoms with E-state index in [4.69, 9.17) is 11.5 Å². The van der Waals surface area contributed by atoms with E-state index in [0.717, 1.165) is 25.0 Å². The normalized spacial score (nSPS) is 31.4. The first-order valence-electron chi connectivity index (χ1n) is 7.12. The Balaban J connectivity index is 2.05. The molecule has 2 atom stereocenters. The minimum atomic E-state index is -4.70. The van der Waals surface area contributed by atoms with Crippen LogP contribution in [0.2, 0.25) is 0 Å². The Morgan fingerprint density at radius 3 is 2.29 bits per heavy atom.